The minimum Gasteiger partial charge on any atom is -0.384 e. The van der Waals surface area contributed by atoms with Crippen LogP contribution in [0.3, 0.4) is 0 Å². The Morgan fingerprint density at radius 3 is 2.81 bits per heavy atom. The van der Waals surface area contributed by atoms with Gasteiger partial charge in [-0.25, -0.2) is 4.39 Å². The Morgan fingerprint density at radius 2 is 2.19 bits per heavy atom. The van der Waals surface area contributed by atoms with E-state index < -0.39 is 11.9 Å². The Morgan fingerprint density at radius 1 is 1.44 bits per heavy atom. The molecule has 0 aliphatic heterocycles. The Bertz CT molecular complexity index is 509. The summed E-state index contributed by atoms with van der Waals surface area (Å²) >= 11 is 7.19. The first-order valence-corrected chi connectivity index (χ1v) is 6.02. The van der Waals surface area contributed by atoms with Crippen molar-refractivity contribution >= 4 is 22.9 Å². The first kappa shape index (κ1) is 11.6. The number of hydrogen-bond donors (Lipinski definition) is 1. The SMILES string of the molecule is Cc1cc(C(O)c2cccc(Cl)c2F)cs1. The summed E-state index contributed by atoms with van der Waals surface area (Å²) in [5.41, 5.74) is 0.911. The molecule has 0 fully saturated rings. The fourth-order valence-electron chi connectivity index (χ4n) is 1.52. The van der Waals surface area contributed by atoms with Crippen LogP contribution in [0, 0.1) is 12.7 Å². The molecular formula is C12H10ClFOS. The van der Waals surface area contributed by atoms with E-state index in [-0.39, 0.29) is 10.6 Å². The van der Waals surface area contributed by atoms with E-state index in [0.717, 1.165) is 4.88 Å². The summed E-state index contributed by atoms with van der Waals surface area (Å²) in [4.78, 5) is 1.08. The van der Waals surface area contributed by atoms with Crippen LogP contribution in [0.5, 0.6) is 0 Å². The zero-order chi connectivity index (χ0) is 11.7. The molecule has 1 heterocycles. The smallest absolute Gasteiger partial charge is 0.147 e. The van der Waals surface area contributed by atoms with Crippen molar-refractivity contribution in [2.24, 2.45) is 0 Å². The molecule has 1 aromatic carbocycles. The highest BCUT2D eigenvalue weighted by Gasteiger charge is 2.17. The Balaban J connectivity index is 2.41. The van der Waals surface area contributed by atoms with Crippen molar-refractivity contribution in [3.05, 3.63) is 56.5 Å². The minimum atomic E-state index is -0.955. The first-order valence-electron chi connectivity index (χ1n) is 4.76. The second kappa shape index (κ2) is 4.53. The van der Waals surface area contributed by atoms with Crippen LogP contribution in [0.1, 0.15) is 22.1 Å². The maximum atomic E-state index is 13.7. The van der Waals surface area contributed by atoms with Gasteiger partial charge in [0.2, 0.25) is 0 Å². The van der Waals surface area contributed by atoms with Crippen LogP contribution < -0.4 is 0 Å². The van der Waals surface area contributed by atoms with Crippen LogP contribution in [0.4, 0.5) is 4.39 Å². The Labute approximate surface area is 102 Å². The van der Waals surface area contributed by atoms with Crippen molar-refractivity contribution < 1.29 is 9.50 Å². The lowest BCUT2D eigenvalue weighted by molar-refractivity contribution is 0.215. The lowest BCUT2D eigenvalue weighted by atomic mass is 10.0. The minimum absolute atomic E-state index is 0.0310. The third kappa shape index (κ3) is 2.12. The molecular weight excluding hydrogens is 247 g/mol. The van der Waals surface area contributed by atoms with E-state index in [1.54, 1.807) is 12.1 Å². The van der Waals surface area contributed by atoms with Crippen LogP contribution in [0.25, 0.3) is 0 Å². The molecule has 84 valence electrons. The Hall–Kier alpha value is -0.900. The number of halogens is 2. The molecule has 1 aromatic heterocycles. The summed E-state index contributed by atoms with van der Waals surface area (Å²) in [6, 6.07) is 6.48. The predicted molar refractivity (Wildman–Crippen MR) is 64.5 cm³/mol. The summed E-state index contributed by atoms with van der Waals surface area (Å²) in [5.74, 6) is -0.555. The molecule has 1 nitrogen and oxygen atoms in total. The molecule has 0 spiro atoms. The molecule has 16 heavy (non-hydrogen) atoms. The van der Waals surface area contributed by atoms with Gasteiger partial charge in [-0.1, -0.05) is 23.7 Å². The maximum Gasteiger partial charge on any atom is 0.147 e. The summed E-state index contributed by atoms with van der Waals surface area (Å²) < 4.78 is 13.7. The van der Waals surface area contributed by atoms with E-state index in [0.29, 0.717) is 5.56 Å². The van der Waals surface area contributed by atoms with Gasteiger partial charge in [-0.2, -0.15) is 0 Å². The van der Waals surface area contributed by atoms with Crippen molar-refractivity contribution in [1.82, 2.24) is 0 Å². The van der Waals surface area contributed by atoms with E-state index in [1.807, 2.05) is 18.4 Å². The van der Waals surface area contributed by atoms with E-state index >= 15 is 0 Å². The largest absolute Gasteiger partial charge is 0.384 e. The van der Waals surface area contributed by atoms with Gasteiger partial charge < -0.3 is 5.11 Å². The number of thiophene rings is 1. The molecule has 2 aromatic rings. The number of aliphatic hydroxyl groups excluding tert-OH is 1. The van der Waals surface area contributed by atoms with E-state index in [9.17, 15) is 9.50 Å². The third-order valence-corrected chi connectivity index (χ3v) is 3.51. The lowest BCUT2D eigenvalue weighted by Gasteiger charge is -2.10. The molecule has 0 bridgehead atoms. The van der Waals surface area contributed by atoms with Gasteiger partial charge in [0, 0.05) is 10.4 Å². The molecule has 1 N–H and O–H groups in total. The van der Waals surface area contributed by atoms with E-state index in [4.69, 9.17) is 11.6 Å². The van der Waals surface area contributed by atoms with Gasteiger partial charge in [0.05, 0.1) is 5.02 Å². The van der Waals surface area contributed by atoms with Crippen LogP contribution in [0.2, 0.25) is 5.02 Å². The van der Waals surface area contributed by atoms with Gasteiger partial charge in [-0.3, -0.25) is 0 Å². The van der Waals surface area contributed by atoms with Gasteiger partial charge in [0.15, 0.2) is 0 Å². The molecule has 4 heteroatoms. The molecule has 0 saturated carbocycles. The fraction of sp³-hybridized carbons (Fsp3) is 0.167. The summed E-state index contributed by atoms with van der Waals surface area (Å²) in [6.45, 7) is 1.94. The standard InChI is InChI=1S/C12H10ClFOS/c1-7-5-8(6-16-7)12(15)9-3-2-4-10(13)11(9)14/h2-6,12,15H,1H3. The van der Waals surface area contributed by atoms with Gasteiger partial charge in [0.25, 0.3) is 0 Å². The quantitative estimate of drug-likeness (QED) is 0.863. The predicted octanol–water partition coefficient (Wildman–Crippen LogP) is 3.93. The average Bonchev–Trinajstić information content (AvgIpc) is 2.68. The third-order valence-electron chi connectivity index (χ3n) is 2.34. The topological polar surface area (TPSA) is 20.2 Å². The molecule has 0 radical (unpaired) electrons. The zero-order valence-corrected chi connectivity index (χ0v) is 10.1. The molecule has 2 rings (SSSR count). The van der Waals surface area contributed by atoms with Crippen molar-refractivity contribution in [2.45, 2.75) is 13.0 Å². The molecule has 1 unspecified atom stereocenters. The second-order valence-corrected chi connectivity index (χ2v) is 5.06. The van der Waals surface area contributed by atoms with Crippen LogP contribution >= 0.6 is 22.9 Å². The van der Waals surface area contributed by atoms with Gasteiger partial charge >= 0.3 is 0 Å². The van der Waals surface area contributed by atoms with Crippen LogP contribution in [-0.4, -0.2) is 5.11 Å². The molecule has 1 atom stereocenters. The number of rotatable bonds is 2. The zero-order valence-electron chi connectivity index (χ0n) is 8.58. The normalized spacial score (nSPS) is 12.8. The highest BCUT2D eigenvalue weighted by atomic mass is 35.5. The van der Waals surface area contributed by atoms with Crippen molar-refractivity contribution in [3.8, 4) is 0 Å². The van der Waals surface area contributed by atoms with Crippen molar-refractivity contribution in [1.29, 1.82) is 0 Å². The van der Waals surface area contributed by atoms with Gasteiger partial charge in [-0.15, -0.1) is 11.3 Å². The van der Waals surface area contributed by atoms with Crippen LogP contribution in [-0.2, 0) is 0 Å². The van der Waals surface area contributed by atoms with Gasteiger partial charge in [0.1, 0.15) is 11.9 Å². The summed E-state index contributed by atoms with van der Waals surface area (Å²) in [6.07, 6.45) is -0.955. The number of aliphatic hydroxyl groups is 1. The van der Waals surface area contributed by atoms with Crippen molar-refractivity contribution in [2.75, 3.05) is 0 Å². The van der Waals surface area contributed by atoms with E-state index in [2.05, 4.69) is 0 Å². The molecule has 0 aliphatic carbocycles. The number of aryl methyl sites for hydroxylation is 1. The van der Waals surface area contributed by atoms with Crippen molar-refractivity contribution in [3.63, 3.8) is 0 Å². The number of benzene rings is 1. The summed E-state index contributed by atoms with van der Waals surface area (Å²) in [7, 11) is 0. The molecule has 0 aliphatic rings. The van der Waals surface area contributed by atoms with Crippen LogP contribution in [0.15, 0.2) is 29.6 Å². The van der Waals surface area contributed by atoms with Gasteiger partial charge in [-0.05, 0) is 30.0 Å². The lowest BCUT2D eigenvalue weighted by Crippen LogP contribution is -2.01. The molecule has 0 amide bonds. The summed E-state index contributed by atoms with van der Waals surface area (Å²) in [5, 5.41) is 11.9. The monoisotopic (exact) mass is 256 g/mol. The fourth-order valence-corrected chi connectivity index (χ4v) is 2.42. The number of hydrogen-bond acceptors (Lipinski definition) is 2. The van der Waals surface area contributed by atoms with E-state index in [1.165, 1.54) is 17.4 Å². The highest BCUT2D eigenvalue weighted by molar-refractivity contribution is 7.10. The second-order valence-electron chi connectivity index (χ2n) is 3.54. The molecule has 0 saturated heterocycles. The highest BCUT2D eigenvalue weighted by Crippen LogP contribution is 2.30. The average molecular weight is 257 g/mol. The first-order chi connectivity index (χ1) is 7.59. The maximum absolute atomic E-state index is 13.7. The Kier molecular flexibility index (Phi) is 3.28.